The molecule has 1 heterocycles. The molecule has 0 aliphatic carbocycles. The van der Waals surface area contributed by atoms with Crippen LogP contribution in [-0.2, 0) is 0 Å². The monoisotopic (exact) mass is 275 g/mol. The lowest BCUT2D eigenvalue weighted by molar-refractivity contribution is -0.383. The Morgan fingerprint density at radius 2 is 1.95 bits per heavy atom. The van der Waals surface area contributed by atoms with Gasteiger partial charge in [0.1, 0.15) is 12.1 Å². The molecule has 8 heteroatoms. The lowest BCUT2D eigenvalue weighted by Crippen LogP contribution is -2.05. The molecular weight excluding hydrogens is 262 g/mol. The molecule has 1 aromatic carbocycles. The van der Waals surface area contributed by atoms with Crippen LogP contribution >= 0.6 is 0 Å². The van der Waals surface area contributed by atoms with Crippen molar-refractivity contribution in [2.75, 3.05) is 24.8 Å². The van der Waals surface area contributed by atoms with E-state index in [1.54, 1.807) is 31.3 Å². The predicted octanol–water partition coefficient (Wildman–Crippen LogP) is 2.18. The largest absolute Gasteiger partial charge is 0.495 e. The van der Waals surface area contributed by atoms with E-state index in [-0.39, 0.29) is 17.3 Å². The molecule has 20 heavy (non-hydrogen) atoms. The zero-order valence-electron chi connectivity index (χ0n) is 11.0. The zero-order valence-corrected chi connectivity index (χ0v) is 11.0. The Bertz CT molecular complexity index is 632. The molecular formula is C12H13N5O3. The standard InChI is InChI=1S/C12H13N5O3/c1-13-11-10(17(18)19)12(15-7-14-11)16-8-5-3-4-6-9(8)20-2/h3-7H,1-2H3,(H2,13,14,15,16). The second-order valence-electron chi connectivity index (χ2n) is 3.75. The summed E-state index contributed by atoms with van der Waals surface area (Å²) in [6.45, 7) is 0. The quantitative estimate of drug-likeness (QED) is 0.636. The van der Waals surface area contributed by atoms with Crippen LogP contribution in [0.25, 0.3) is 0 Å². The lowest BCUT2D eigenvalue weighted by Gasteiger charge is -2.11. The third-order valence-corrected chi connectivity index (χ3v) is 2.60. The second kappa shape index (κ2) is 5.83. The summed E-state index contributed by atoms with van der Waals surface area (Å²) in [6.07, 6.45) is 1.25. The Morgan fingerprint density at radius 1 is 1.25 bits per heavy atom. The highest BCUT2D eigenvalue weighted by atomic mass is 16.6. The van der Waals surface area contributed by atoms with Gasteiger partial charge in [-0.3, -0.25) is 10.1 Å². The molecule has 0 atom stereocenters. The highest BCUT2D eigenvalue weighted by Crippen LogP contribution is 2.33. The summed E-state index contributed by atoms with van der Waals surface area (Å²) in [4.78, 5) is 18.4. The van der Waals surface area contributed by atoms with Crippen LogP contribution < -0.4 is 15.4 Å². The number of aromatic nitrogens is 2. The van der Waals surface area contributed by atoms with Crippen molar-refractivity contribution < 1.29 is 9.66 Å². The number of nitrogens with one attached hydrogen (secondary N) is 2. The molecule has 0 saturated carbocycles. The van der Waals surface area contributed by atoms with Gasteiger partial charge < -0.3 is 15.4 Å². The van der Waals surface area contributed by atoms with Gasteiger partial charge in [0.05, 0.1) is 17.7 Å². The van der Waals surface area contributed by atoms with Gasteiger partial charge in [0.2, 0.25) is 11.6 Å². The van der Waals surface area contributed by atoms with Gasteiger partial charge >= 0.3 is 5.69 Å². The molecule has 0 aliphatic rings. The number of anilines is 3. The van der Waals surface area contributed by atoms with E-state index in [9.17, 15) is 10.1 Å². The van der Waals surface area contributed by atoms with Crippen molar-refractivity contribution in [1.82, 2.24) is 9.97 Å². The smallest absolute Gasteiger partial charge is 0.353 e. The van der Waals surface area contributed by atoms with Crippen molar-refractivity contribution in [2.45, 2.75) is 0 Å². The summed E-state index contributed by atoms with van der Waals surface area (Å²) in [5, 5.41) is 16.7. The van der Waals surface area contributed by atoms with Crippen LogP contribution in [0, 0.1) is 10.1 Å². The summed E-state index contributed by atoms with van der Waals surface area (Å²) in [5.41, 5.74) is 0.361. The van der Waals surface area contributed by atoms with E-state index < -0.39 is 4.92 Å². The number of benzene rings is 1. The summed E-state index contributed by atoms with van der Waals surface area (Å²) < 4.78 is 5.18. The molecule has 2 rings (SSSR count). The first kappa shape index (κ1) is 13.5. The number of nitro groups is 1. The van der Waals surface area contributed by atoms with Gasteiger partial charge in [-0.05, 0) is 12.1 Å². The fourth-order valence-electron chi connectivity index (χ4n) is 1.70. The van der Waals surface area contributed by atoms with Crippen LogP contribution in [0.15, 0.2) is 30.6 Å². The Labute approximate surface area is 115 Å². The van der Waals surface area contributed by atoms with Crippen molar-refractivity contribution >= 4 is 23.0 Å². The van der Waals surface area contributed by atoms with E-state index >= 15 is 0 Å². The number of hydrogen-bond donors (Lipinski definition) is 2. The third kappa shape index (κ3) is 2.58. The molecule has 0 amide bonds. The predicted molar refractivity (Wildman–Crippen MR) is 74.5 cm³/mol. The molecule has 2 N–H and O–H groups in total. The topological polar surface area (TPSA) is 102 Å². The number of ether oxygens (including phenoxy) is 1. The second-order valence-corrected chi connectivity index (χ2v) is 3.75. The van der Waals surface area contributed by atoms with Crippen molar-refractivity contribution in [3.8, 4) is 5.75 Å². The highest BCUT2D eigenvalue weighted by molar-refractivity contribution is 5.75. The van der Waals surface area contributed by atoms with Gasteiger partial charge in [0, 0.05) is 7.05 Å². The van der Waals surface area contributed by atoms with E-state index in [1.807, 2.05) is 0 Å². The SMILES string of the molecule is CNc1ncnc(Nc2ccccc2OC)c1[N+](=O)[O-]. The minimum atomic E-state index is -0.538. The average molecular weight is 275 g/mol. The van der Waals surface area contributed by atoms with E-state index in [0.717, 1.165) is 0 Å². The van der Waals surface area contributed by atoms with E-state index in [2.05, 4.69) is 20.6 Å². The molecule has 1 aromatic heterocycles. The molecule has 0 bridgehead atoms. The number of hydrogen-bond acceptors (Lipinski definition) is 7. The van der Waals surface area contributed by atoms with Crippen LogP contribution in [0.4, 0.5) is 23.0 Å². The Balaban J connectivity index is 2.46. The molecule has 2 aromatic rings. The van der Waals surface area contributed by atoms with Gasteiger partial charge in [-0.15, -0.1) is 0 Å². The summed E-state index contributed by atoms with van der Waals surface area (Å²) in [5.74, 6) is 0.799. The van der Waals surface area contributed by atoms with Gasteiger partial charge in [-0.2, -0.15) is 0 Å². The van der Waals surface area contributed by atoms with Crippen molar-refractivity contribution in [2.24, 2.45) is 0 Å². The lowest BCUT2D eigenvalue weighted by atomic mass is 10.3. The zero-order chi connectivity index (χ0) is 14.5. The number of rotatable bonds is 5. The first-order valence-corrected chi connectivity index (χ1v) is 5.74. The van der Waals surface area contributed by atoms with Gasteiger partial charge in [-0.1, -0.05) is 12.1 Å². The summed E-state index contributed by atoms with van der Waals surface area (Å²) in [6, 6.07) is 7.08. The van der Waals surface area contributed by atoms with Crippen LogP contribution in [0.5, 0.6) is 5.75 Å². The molecule has 0 saturated heterocycles. The Kier molecular flexibility index (Phi) is 3.94. The number of methoxy groups -OCH3 is 1. The maximum atomic E-state index is 11.2. The normalized spacial score (nSPS) is 9.90. The third-order valence-electron chi connectivity index (χ3n) is 2.60. The van der Waals surface area contributed by atoms with Crippen LogP contribution in [-0.4, -0.2) is 29.0 Å². The Morgan fingerprint density at radius 3 is 2.60 bits per heavy atom. The maximum Gasteiger partial charge on any atom is 0.353 e. The fraction of sp³-hybridized carbons (Fsp3) is 0.167. The van der Waals surface area contributed by atoms with Crippen molar-refractivity contribution in [1.29, 1.82) is 0 Å². The molecule has 0 radical (unpaired) electrons. The number of para-hydroxylation sites is 2. The molecule has 0 fully saturated rings. The van der Waals surface area contributed by atoms with E-state index in [1.165, 1.54) is 13.4 Å². The summed E-state index contributed by atoms with van der Waals surface area (Å²) >= 11 is 0. The summed E-state index contributed by atoms with van der Waals surface area (Å²) in [7, 11) is 3.08. The van der Waals surface area contributed by atoms with E-state index in [0.29, 0.717) is 11.4 Å². The Hall–Kier alpha value is -2.90. The molecule has 0 aliphatic heterocycles. The average Bonchev–Trinajstić information content (AvgIpc) is 2.47. The first-order valence-electron chi connectivity index (χ1n) is 5.74. The van der Waals surface area contributed by atoms with Gasteiger partial charge in [-0.25, -0.2) is 9.97 Å². The van der Waals surface area contributed by atoms with Gasteiger partial charge in [0.25, 0.3) is 0 Å². The first-order chi connectivity index (χ1) is 9.67. The highest BCUT2D eigenvalue weighted by Gasteiger charge is 2.22. The number of nitrogens with zero attached hydrogens (tertiary/aromatic N) is 3. The fourth-order valence-corrected chi connectivity index (χ4v) is 1.70. The van der Waals surface area contributed by atoms with Gasteiger partial charge in [0.15, 0.2) is 0 Å². The van der Waals surface area contributed by atoms with Crippen molar-refractivity contribution in [3.05, 3.63) is 40.7 Å². The molecule has 104 valence electrons. The minimum Gasteiger partial charge on any atom is -0.495 e. The molecule has 0 spiro atoms. The van der Waals surface area contributed by atoms with Crippen LogP contribution in [0.1, 0.15) is 0 Å². The molecule has 8 nitrogen and oxygen atoms in total. The van der Waals surface area contributed by atoms with Crippen molar-refractivity contribution in [3.63, 3.8) is 0 Å². The van der Waals surface area contributed by atoms with Crippen LogP contribution in [0.3, 0.4) is 0 Å². The van der Waals surface area contributed by atoms with Crippen LogP contribution in [0.2, 0.25) is 0 Å². The minimum absolute atomic E-state index is 0.0962. The molecule has 0 unspecified atom stereocenters. The van der Waals surface area contributed by atoms with E-state index in [4.69, 9.17) is 4.74 Å². The maximum absolute atomic E-state index is 11.2.